The van der Waals surface area contributed by atoms with Gasteiger partial charge < -0.3 is 41.7 Å². The van der Waals surface area contributed by atoms with Crippen LogP contribution in [0.25, 0.3) is 0 Å². The predicted molar refractivity (Wildman–Crippen MR) is 149 cm³/mol. The molecule has 0 aliphatic rings. The summed E-state index contributed by atoms with van der Waals surface area (Å²) in [5, 5.41) is 19.9. The SMILES string of the molecule is COc1cc(CC(=O)CNCCCN(C)C(=O)NC(CC(N)=O)C(=O)O)ccc1NC(=O)Nc1ccccc1C. The number of nitrogens with one attached hydrogen (secondary N) is 4. The topological polar surface area (TPSA) is 192 Å². The van der Waals surface area contributed by atoms with Gasteiger partial charge in [0, 0.05) is 25.7 Å². The Hall–Kier alpha value is -4.65. The summed E-state index contributed by atoms with van der Waals surface area (Å²) in [6.07, 6.45) is 0.147. The molecule has 0 saturated heterocycles. The van der Waals surface area contributed by atoms with Gasteiger partial charge in [0.2, 0.25) is 5.91 Å². The Labute approximate surface area is 232 Å². The van der Waals surface area contributed by atoms with Crippen LogP contribution in [0.2, 0.25) is 0 Å². The second-order valence-electron chi connectivity index (χ2n) is 9.11. The van der Waals surface area contributed by atoms with E-state index in [2.05, 4.69) is 21.3 Å². The number of carbonyl (C=O) groups excluding carboxylic acids is 4. The average Bonchev–Trinajstić information content (AvgIpc) is 2.89. The molecule has 2 aromatic carbocycles. The number of carboxylic acid groups (broad SMARTS) is 1. The van der Waals surface area contributed by atoms with Gasteiger partial charge in [-0.3, -0.25) is 9.59 Å². The van der Waals surface area contributed by atoms with Crippen LogP contribution in [-0.4, -0.2) is 79.6 Å². The molecule has 0 aromatic heterocycles. The number of ether oxygens (including phenoxy) is 1. The number of carbonyl (C=O) groups is 5. The van der Waals surface area contributed by atoms with Crippen molar-refractivity contribution in [2.75, 3.05) is 44.4 Å². The maximum absolute atomic E-state index is 12.4. The fourth-order valence-corrected chi connectivity index (χ4v) is 3.66. The zero-order valence-corrected chi connectivity index (χ0v) is 22.8. The smallest absolute Gasteiger partial charge is 0.326 e. The van der Waals surface area contributed by atoms with Crippen LogP contribution >= 0.6 is 0 Å². The number of benzene rings is 2. The normalized spacial score (nSPS) is 11.2. The number of nitrogens with zero attached hydrogens (tertiary/aromatic N) is 1. The quantitative estimate of drug-likeness (QED) is 0.179. The molecule has 0 aliphatic heterocycles. The molecule has 13 heteroatoms. The van der Waals surface area contributed by atoms with Gasteiger partial charge in [0.15, 0.2) is 5.78 Å². The Morgan fingerprint density at radius 2 is 1.75 bits per heavy atom. The van der Waals surface area contributed by atoms with Crippen LogP contribution in [0.4, 0.5) is 21.0 Å². The van der Waals surface area contributed by atoms with Crippen molar-refractivity contribution in [1.29, 1.82) is 0 Å². The van der Waals surface area contributed by atoms with E-state index in [0.717, 1.165) is 5.56 Å². The lowest BCUT2D eigenvalue weighted by molar-refractivity contribution is -0.141. The average molecular weight is 557 g/mol. The number of carboxylic acids is 1. The molecule has 216 valence electrons. The zero-order valence-electron chi connectivity index (χ0n) is 22.8. The second-order valence-corrected chi connectivity index (χ2v) is 9.11. The van der Waals surface area contributed by atoms with E-state index in [-0.39, 0.29) is 18.7 Å². The van der Waals surface area contributed by atoms with Crippen LogP contribution in [0.15, 0.2) is 42.5 Å². The molecule has 0 heterocycles. The Morgan fingerprint density at radius 3 is 2.40 bits per heavy atom. The number of aliphatic carboxylic acids is 1. The fraction of sp³-hybridized carbons (Fsp3) is 0.370. The van der Waals surface area contributed by atoms with Crippen LogP contribution in [0, 0.1) is 6.92 Å². The lowest BCUT2D eigenvalue weighted by Gasteiger charge is -2.21. The first-order chi connectivity index (χ1) is 19.0. The largest absolute Gasteiger partial charge is 0.495 e. The number of rotatable bonds is 15. The summed E-state index contributed by atoms with van der Waals surface area (Å²) >= 11 is 0. The number of amides is 5. The van der Waals surface area contributed by atoms with Gasteiger partial charge in [-0.1, -0.05) is 24.3 Å². The minimum absolute atomic E-state index is 0.0677. The Morgan fingerprint density at radius 1 is 1.05 bits per heavy atom. The molecule has 13 nitrogen and oxygen atoms in total. The van der Waals surface area contributed by atoms with Crippen LogP contribution in [0.3, 0.4) is 0 Å². The van der Waals surface area contributed by atoms with Crippen molar-refractivity contribution < 1.29 is 33.8 Å². The highest BCUT2D eigenvalue weighted by Gasteiger charge is 2.23. The number of Topliss-reactive ketones (excluding diaryl/α,β-unsaturated/α-hetero) is 1. The summed E-state index contributed by atoms with van der Waals surface area (Å²) in [4.78, 5) is 60.4. The van der Waals surface area contributed by atoms with Gasteiger partial charge in [-0.15, -0.1) is 0 Å². The molecule has 2 rings (SSSR count). The molecule has 0 saturated carbocycles. The van der Waals surface area contributed by atoms with E-state index in [9.17, 15) is 24.0 Å². The van der Waals surface area contributed by atoms with Crippen molar-refractivity contribution >= 4 is 41.1 Å². The van der Waals surface area contributed by atoms with Gasteiger partial charge in [0.25, 0.3) is 0 Å². The van der Waals surface area contributed by atoms with Gasteiger partial charge in [-0.05, 0) is 49.2 Å². The van der Waals surface area contributed by atoms with E-state index < -0.39 is 36.4 Å². The van der Waals surface area contributed by atoms with E-state index in [4.69, 9.17) is 15.6 Å². The summed E-state index contributed by atoms with van der Waals surface area (Å²) < 4.78 is 5.39. The van der Waals surface area contributed by atoms with E-state index in [1.165, 1.54) is 19.1 Å². The standard InChI is InChI=1S/C27H36N6O7/c1-17-7-4-5-8-20(17)30-26(38)31-21-10-9-18(14-23(21)40-3)13-19(34)16-29-11-6-12-33(2)27(39)32-22(25(36)37)15-24(28)35/h4-5,7-10,14,22,29H,6,11-13,15-16H2,1-3H3,(H2,28,35)(H,32,39)(H,36,37)(H2,30,31,38). The van der Waals surface area contributed by atoms with Crippen molar-refractivity contribution in [3.63, 3.8) is 0 Å². The Balaban J connectivity index is 1.76. The van der Waals surface area contributed by atoms with Crippen LogP contribution < -0.4 is 31.7 Å². The van der Waals surface area contributed by atoms with Crippen molar-refractivity contribution in [3.8, 4) is 5.75 Å². The third kappa shape index (κ3) is 10.6. The molecule has 0 aliphatic carbocycles. The maximum Gasteiger partial charge on any atom is 0.326 e. The number of urea groups is 2. The molecular weight excluding hydrogens is 520 g/mol. The number of methoxy groups -OCH3 is 1. The van der Waals surface area contributed by atoms with Gasteiger partial charge in [0.1, 0.15) is 11.8 Å². The van der Waals surface area contributed by atoms with E-state index >= 15 is 0 Å². The molecule has 1 unspecified atom stereocenters. The van der Waals surface area contributed by atoms with Gasteiger partial charge >= 0.3 is 18.0 Å². The molecule has 0 radical (unpaired) electrons. The molecule has 7 N–H and O–H groups in total. The number of hydrogen-bond acceptors (Lipinski definition) is 7. The molecule has 1 atom stereocenters. The molecule has 5 amide bonds. The number of ketones is 1. The number of aryl methyl sites for hydroxylation is 1. The summed E-state index contributed by atoms with van der Waals surface area (Å²) in [6.45, 7) is 2.73. The molecule has 40 heavy (non-hydrogen) atoms. The number of para-hydroxylation sites is 1. The first kappa shape index (κ1) is 31.6. The second kappa shape index (κ2) is 15.7. The highest BCUT2D eigenvalue weighted by molar-refractivity contribution is 6.01. The van der Waals surface area contributed by atoms with Crippen molar-refractivity contribution in [2.24, 2.45) is 5.73 Å². The number of nitrogens with two attached hydrogens (primary N) is 1. The summed E-state index contributed by atoms with van der Waals surface area (Å²) in [5.74, 6) is -1.84. The lowest BCUT2D eigenvalue weighted by atomic mass is 10.1. The zero-order chi connectivity index (χ0) is 29.7. The Bertz CT molecular complexity index is 1220. The molecular formula is C27H36N6O7. The van der Waals surface area contributed by atoms with Crippen LogP contribution in [0.5, 0.6) is 5.75 Å². The van der Waals surface area contributed by atoms with Crippen molar-refractivity contribution in [3.05, 3.63) is 53.6 Å². The summed E-state index contributed by atoms with van der Waals surface area (Å²) in [5.41, 5.74) is 7.80. The van der Waals surface area contributed by atoms with E-state index in [1.54, 1.807) is 24.3 Å². The van der Waals surface area contributed by atoms with Gasteiger partial charge in [0.05, 0.1) is 25.8 Å². The third-order valence-corrected chi connectivity index (χ3v) is 5.83. The number of hydrogen-bond donors (Lipinski definition) is 6. The van der Waals surface area contributed by atoms with Crippen molar-refractivity contribution in [2.45, 2.75) is 32.2 Å². The summed E-state index contributed by atoms with van der Waals surface area (Å²) in [7, 11) is 2.96. The minimum Gasteiger partial charge on any atom is -0.495 e. The highest BCUT2D eigenvalue weighted by atomic mass is 16.5. The van der Waals surface area contributed by atoms with Crippen LogP contribution in [-0.2, 0) is 20.8 Å². The molecule has 0 fully saturated rings. The number of primary amides is 1. The minimum atomic E-state index is -1.40. The van der Waals surface area contributed by atoms with Crippen LogP contribution in [0.1, 0.15) is 24.0 Å². The first-order valence-electron chi connectivity index (χ1n) is 12.6. The molecule has 0 spiro atoms. The lowest BCUT2D eigenvalue weighted by Crippen LogP contribution is -2.48. The maximum atomic E-state index is 12.4. The third-order valence-electron chi connectivity index (χ3n) is 5.83. The predicted octanol–water partition coefficient (Wildman–Crippen LogP) is 1.71. The van der Waals surface area contributed by atoms with E-state index in [1.807, 2.05) is 25.1 Å². The Kier molecular flexibility index (Phi) is 12.4. The van der Waals surface area contributed by atoms with Gasteiger partial charge in [-0.25, -0.2) is 14.4 Å². The van der Waals surface area contributed by atoms with Gasteiger partial charge in [-0.2, -0.15) is 0 Å². The van der Waals surface area contributed by atoms with Crippen molar-refractivity contribution in [1.82, 2.24) is 15.5 Å². The fourth-order valence-electron chi connectivity index (χ4n) is 3.66. The molecule has 0 bridgehead atoms. The first-order valence-corrected chi connectivity index (χ1v) is 12.6. The summed E-state index contributed by atoms with van der Waals surface area (Å²) in [6, 6.07) is 10.0. The highest BCUT2D eigenvalue weighted by Crippen LogP contribution is 2.26. The monoisotopic (exact) mass is 556 g/mol. The van der Waals surface area contributed by atoms with E-state index in [0.29, 0.717) is 42.2 Å². The number of anilines is 2. The molecule has 2 aromatic rings.